The van der Waals surface area contributed by atoms with Crippen molar-refractivity contribution in [3.63, 3.8) is 0 Å². The van der Waals surface area contributed by atoms with Gasteiger partial charge in [-0.1, -0.05) is 36.8 Å². The van der Waals surface area contributed by atoms with Gasteiger partial charge in [0.05, 0.1) is 6.10 Å². The second-order valence-corrected chi connectivity index (χ2v) is 6.71. The maximum atomic E-state index is 12.5. The van der Waals surface area contributed by atoms with Gasteiger partial charge in [-0.2, -0.15) is 0 Å². The van der Waals surface area contributed by atoms with Crippen molar-refractivity contribution in [2.75, 3.05) is 0 Å². The molecule has 26 heavy (non-hydrogen) atoms. The number of aromatic hydroxyl groups is 1. The molecule has 1 aromatic carbocycles. The minimum Gasteiger partial charge on any atom is -0.507 e. The predicted molar refractivity (Wildman–Crippen MR) is 97.0 cm³/mol. The number of fused-ring (bicyclic) bond motifs is 1. The minimum atomic E-state index is -1.56. The standard InChI is InChI=1S/C19H21ClO6/c1-10-6-7-15(22)18(24)14(21)5-3-4-12-8-13(20)9-16(23)17(12)19(25)26-11(10)2/h3-4,6-11,14,18,21,23-24H,5H2,1-2H3/b4-3+,7-6-/t10?,11-,14-,18?/m0/s1. The van der Waals surface area contributed by atoms with E-state index < -0.39 is 30.1 Å². The Morgan fingerprint density at radius 2 is 1.85 bits per heavy atom. The predicted octanol–water partition coefficient (Wildman–Crippen LogP) is 2.49. The zero-order chi connectivity index (χ0) is 19.4. The molecular weight excluding hydrogens is 360 g/mol. The zero-order valence-electron chi connectivity index (χ0n) is 14.4. The van der Waals surface area contributed by atoms with Crippen molar-refractivity contribution in [2.24, 2.45) is 5.92 Å². The molecule has 2 rings (SSSR count). The lowest BCUT2D eigenvalue weighted by molar-refractivity contribution is -0.127. The number of carbonyl (C=O) groups excluding carboxylic acids is 2. The Hall–Kier alpha value is -2.15. The molecule has 0 bridgehead atoms. The molecule has 140 valence electrons. The van der Waals surface area contributed by atoms with Gasteiger partial charge in [-0.15, -0.1) is 0 Å². The van der Waals surface area contributed by atoms with Crippen LogP contribution in [-0.2, 0) is 9.53 Å². The molecule has 4 atom stereocenters. The van der Waals surface area contributed by atoms with E-state index in [-0.39, 0.29) is 28.7 Å². The van der Waals surface area contributed by atoms with Crippen LogP contribution >= 0.6 is 11.6 Å². The summed E-state index contributed by atoms with van der Waals surface area (Å²) in [6.07, 6.45) is 2.13. The van der Waals surface area contributed by atoms with Crippen LogP contribution in [0.1, 0.15) is 36.2 Å². The summed E-state index contributed by atoms with van der Waals surface area (Å²) in [6, 6.07) is 2.71. The van der Waals surface area contributed by atoms with Gasteiger partial charge in [-0.25, -0.2) is 4.79 Å². The van der Waals surface area contributed by atoms with E-state index in [0.29, 0.717) is 5.56 Å². The fourth-order valence-corrected chi connectivity index (χ4v) is 2.68. The monoisotopic (exact) mass is 380 g/mol. The molecule has 2 unspecified atom stereocenters. The van der Waals surface area contributed by atoms with Crippen LogP contribution in [0.2, 0.25) is 5.02 Å². The highest BCUT2D eigenvalue weighted by atomic mass is 35.5. The smallest absolute Gasteiger partial charge is 0.342 e. The lowest BCUT2D eigenvalue weighted by atomic mass is 10.00. The van der Waals surface area contributed by atoms with Crippen LogP contribution in [-0.4, -0.2) is 45.4 Å². The summed E-state index contributed by atoms with van der Waals surface area (Å²) in [5, 5.41) is 30.2. The van der Waals surface area contributed by atoms with Crippen LogP contribution in [0.4, 0.5) is 0 Å². The number of aliphatic hydroxyl groups excluding tert-OH is 2. The average molecular weight is 381 g/mol. The Kier molecular flexibility index (Phi) is 6.58. The minimum absolute atomic E-state index is 0.0333. The lowest BCUT2D eigenvalue weighted by Gasteiger charge is -2.20. The van der Waals surface area contributed by atoms with Gasteiger partial charge in [0.1, 0.15) is 23.5 Å². The number of cyclic esters (lactones) is 1. The van der Waals surface area contributed by atoms with E-state index in [4.69, 9.17) is 16.3 Å². The van der Waals surface area contributed by atoms with E-state index in [1.54, 1.807) is 13.8 Å². The Labute approximate surface area is 156 Å². The summed E-state index contributed by atoms with van der Waals surface area (Å²) in [5.74, 6) is -2.01. The molecule has 6 nitrogen and oxygen atoms in total. The molecule has 3 N–H and O–H groups in total. The van der Waals surface area contributed by atoms with Gasteiger partial charge in [0.15, 0.2) is 5.78 Å². The number of rotatable bonds is 0. The number of ether oxygens (including phenoxy) is 1. The Balaban J connectivity index is 2.48. The molecule has 1 heterocycles. The van der Waals surface area contributed by atoms with Crippen molar-refractivity contribution in [1.82, 2.24) is 0 Å². The van der Waals surface area contributed by atoms with E-state index in [2.05, 4.69) is 0 Å². The normalized spacial score (nSPS) is 30.0. The highest BCUT2D eigenvalue weighted by Crippen LogP contribution is 2.29. The lowest BCUT2D eigenvalue weighted by Crippen LogP contribution is -2.32. The van der Waals surface area contributed by atoms with Gasteiger partial charge >= 0.3 is 5.97 Å². The Morgan fingerprint density at radius 3 is 2.54 bits per heavy atom. The third-order valence-electron chi connectivity index (χ3n) is 4.25. The van der Waals surface area contributed by atoms with Gasteiger partial charge in [0, 0.05) is 10.9 Å². The van der Waals surface area contributed by atoms with Gasteiger partial charge in [-0.05, 0) is 37.1 Å². The second-order valence-electron chi connectivity index (χ2n) is 6.27. The fourth-order valence-electron chi connectivity index (χ4n) is 2.46. The Morgan fingerprint density at radius 1 is 1.15 bits per heavy atom. The van der Waals surface area contributed by atoms with E-state index in [1.807, 2.05) is 0 Å². The van der Waals surface area contributed by atoms with Gasteiger partial charge < -0.3 is 20.1 Å². The molecule has 0 amide bonds. The average Bonchev–Trinajstić information content (AvgIpc) is 2.56. The fraction of sp³-hybridized carbons (Fsp3) is 0.368. The molecule has 1 aliphatic rings. The molecule has 0 spiro atoms. The third-order valence-corrected chi connectivity index (χ3v) is 4.46. The molecule has 0 saturated carbocycles. The van der Waals surface area contributed by atoms with Crippen LogP contribution in [0.15, 0.2) is 30.4 Å². The van der Waals surface area contributed by atoms with Crippen LogP contribution in [0.3, 0.4) is 0 Å². The SMILES string of the molecule is CC1/C=C\C(=O)C(O)[C@@H](O)C/C=C/c2cc(Cl)cc(O)c2C(=O)O[C@H]1C. The van der Waals surface area contributed by atoms with Gasteiger partial charge in [0.2, 0.25) is 0 Å². The highest BCUT2D eigenvalue weighted by Gasteiger charge is 2.25. The van der Waals surface area contributed by atoms with Gasteiger partial charge in [-0.3, -0.25) is 4.79 Å². The van der Waals surface area contributed by atoms with Crippen molar-refractivity contribution >= 4 is 29.4 Å². The van der Waals surface area contributed by atoms with Crippen molar-refractivity contribution in [3.05, 3.63) is 46.5 Å². The van der Waals surface area contributed by atoms with E-state index in [9.17, 15) is 24.9 Å². The summed E-state index contributed by atoms with van der Waals surface area (Å²) in [4.78, 5) is 24.4. The van der Waals surface area contributed by atoms with E-state index in [0.717, 1.165) is 0 Å². The number of phenols is 1. The maximum Gasteiger partial charge on any atom is 0.342 e. The first-order valence-electron chi connectivity index (χ1n) is 8.19. The molecule has 1 aliphatic heterocycles. The number of carbonyl (C=O) groups is 2. The number of aliphatic hydroxyl groups is 2. The molecule has 0 radical (unpaired) electrons. The first-order valence-corrected chi connectivity index (χ1v) is 8.56. The summed E-state index contributed by atoms with van der Waals surface area (Å²) < 4.78 is 5.39. The summed E-state index contributed by atoms with van der Waals surface area (Å²) in [6.45, 7) is 3.38. The van der Waals surface area contributed by atoms with Gasteiger partial charge in [0.25, 0.3) is 0 Å². The van der Waals surface area contributed by atoms with Crippen molar-refractivity contribution < 1.29 is 29.6 Å². The van der Waals surface area contributed by atoms with Crippen molar-refractivity contribution in [3.8, 4) is 5.75 Å². The third kappa shape index (κ3) is 4.72. The summed E-state index contributed by atoms with van der Waals surface area (Å²) in [5.41, 5.74) is 0.261. The number of hydrogen-bond acceptors (Lipinski definition) is 6. The van der Waals surface area contributed by atoms with Crippen LogP contribution in [0, 0.1) is 5.92 Å². The van der Waals surface area contributed by atoms with E-state index >= 15 is 0 Å². The summed E-state index contributed by atoms with van der Waals surface area (Å²) in [7, 11) is 0. The topological polar surface area (TPSA) is 104 Å². The molecule has 7 heteroatoms. The quantitative estimate of drug-likeness (QED) is 0.597. The van der Waals surface area contributed by atoms with Crippen LogP contribution in [0.25, 0.3) is 6.08 Å². The number of benzene rings is 1. The van der Waals surface area contributed by atoms with Crippen molar-refractivity contribution in [1.29, 1.82) is 0 Å². The van der Waals surface area contributed by atoms with E-state index in [1.165, 1.54) is 36.4 Å². The summed E-state index contributed by atoms with van der Waals surface area (Å²) >= 11 is 5.94. The molecule has 0 aliphatic carbocycles. The number of ketones is 1. The Bertz CT molecular complexity index is 755. The molecule has 0 saturated heterocycles. The number of esters is 1. The largest absolute Gasteiger partial charge is 0.507 e. The number of phenolic OH excluding ortho intramolecular Hbond substituents is 1. The molecule has 0 aromatic heterocycles. The molecular formula is C19H21ClO6. The van der Waals surface area contributed by atoms with Crippen LogP contribution in [0.5, 0.6) is 5.75 Å². The number of halogens is 1. The maximum absolute atomic E-state index is 12.5. The molecule has 0 fully saturated rings. The first-order chi connectivity index (χ1) is 12.2. The van der Waals surface area contributed by atoms with Crippen LogP contribution < -0.4 is 0 Å². The molecule has 1 aromatic rings. The second kappa shape index (κ2) is 8.49. The first kappa shape index (κ1) is 20.2. The number of hydrogen-bond donors (Lipinski definition) is 3. The highest BCUT2D eigenvalue weighted by molar-refractivity contribution is 6.31. The van der Waals surface area contributed by atoms with Crippen molar-refractivity contribution in [2.45, 2.75) is 38.6 Å². The zero-order valence-corrected chi connectivity index (χ0v) is 15.2.